The van der Waals surface area contributed by atoms with Crippen LogP contribution in [0.15, 0.2) is 53.4 Å². The fraction of sp³-hybridized carbons (Fsp3) is 0.435. The lowest BCUT2D eigenvalue weighted by Gasteiger charge is -2.36. The standard InChI is InChI=1S/C23H30ClN3O3S/c1-4-17(2)21-7-5-6-8-22(21)25-23(28)18(3)26-13-15-27(16-14-26)31(29,30)20-11-9-19(24)10-12-20/h5-12,17-18H,4,13-16H2,1-3H3,(H,25,28)/t17-,18-/m1/s1. The van der Waals surface area contributed by atoms with Crippen LogP contribution in [0.25, 0.3) is 0 Å². The summed E-state index contributed by atoms with van der Waals surface area (Å²) in [5.74, 6) is 0.276. The van der Waals surface area contributed by atoms with Crippen molar-refractivity contribution in [3.8, 4) is 0 Å². The number of rotatable bonds is 7. The number of nitrogens with one attached hydrogen (secondary N) is 1. The molecule has 8 heteroatoms. The van der Waals surface area contributed by atoms with E-state index in [9.17, 15) is 13.2 Å². The van der Waals surface area contributed by atoms with Gasteiger partial charge in [0.2, 0.25) is 15.9 Å². The Bertz CT molecular complexity index is 1000. The smallest absolute Gasteiger partial charge is 0.243 e. The highest BCUT2D eigenvalue weighted by Gasteiger charge is 2.32. The number of halogens is 1. The first-order valence-electron chi connectivity index (χ1n) is 10.6. The van der Waals surface area contributed by atoms with Gasteiger partial charge in [-0.2, -0.15) is 4.31 Å². The van der Waals surface area contributed by atoms with E-state index in [1.54, 1.807) is 12.1 Å². The van der Waals surface area contributed by atoms with E-state index in [-0.39, 0.29) is 16.8 Å². The topological polar surface area (TPSA) is 69.7 Å². The van der Waals surface area contributed by atoms with E-state index in [0.29, 0.717) is 37.1 Å². The van der Waals surface area contributed by atoms with Gasteiger partial charge in [0.05, 0.1) is 10.9 Å². The van der Waals surface area contributed by atoms with Crippen molar-refractivity contribution in [3.05, 3.63) is 59.1 Å². The van der Waals surface area contributed by atoms with Crippen LogP contribution in [-0.4, -0.2) is 55.8 Å². The van der Waals surface area contributed by atoms with Crippen molar-refractivity contribution >= 4 is 33.2 Å². The number of benzene rings is 2. The van der Waals surface area contributed by atoms with Gasteiger partial charge in [-0.05, 0) is 55.2 Å². The molecule has 1 saturated heterocycles. The molecule has 1 aliphatic rings. The van der Waals surface area contributed by atoms with Crippen molar-refractivity contribution in [1.82, 2.24) is 9.21 Å². The van der Waals surface area contributed by atoms with Gasteiger partial charge in [0, 0.05) is 36.9 Å². The molecule has 0 aromatic heterocycles. The minimum absolute atomic E-state index is 0.0789. The molecular formula is C23H30ClN3O3S. The van der Waals surface area contributed by atoms with Gasteiger partial charge >= 0.3 is 0 Å². The summed E-state index contributed by atoms with van der Waals surface area (Å²) in [5, 5.41) is 3.57. The molecule has 3 rings (SSSR count). The van der Waals surface area contributed by atoms with Gasteiger partial charge in [0.25, 0.3) is 0 Å². The van der Waals surface area contributed by atoms with Crippen LogP contribution < -0.4 is 5.32 Å². The van der Waals surface area contributed by atoms with Crippen LogP contribution in [0, 0.1) is 0 Å². The fourth-order valence-corrected chi connectivity index (χ4v) is 5.30. The van der Waals surface area contributed by atoms with Gasteiger partial charge < -0.3 is 5.32 Å². The molecule has 0 bridgehead atoms. The van der Waals surface area contributed by atoms with Crippen LogP contribution >= 0.6 is 11.6 Å². The molecule has 0 unspecified atom stereocenters. The number of carbonyl (C=O) groups is 1. The Labute approximate surface area is 190 Å². The van der Waals surface area contributed by atoms with Crippen molar-refractivity contribution < 1.29 is 13.2 Å². The Morgan fingerprint density at radius 2 is 1.65 bits per heavy atom. The molecule has 0 aliphatic carbocycles. The number of hydrogen-bond acceptors (Lipinski definition) is 4. The lowest BCUT2D eigenvalue weighted by atomic mass is 9.97. The van der Waals surface area contributed by atoms with E-state index in [4.69, 9.17) is 11.6 Å². The molecule has 1 amide bonds. The second-order valence-corrected chi connectivity index (χ2v) is 10.3. The minimum Gasteiger partial charge on any atom is -0.324 e. The van der Waals surface area contributed by atoms with Crippen molar-refractivity contribution in [2.45, 2.75) is 44.0 Å². The van der Waals surface area contributed by atoms with Gasteiger partial charge in [0.1, 0.15) is 0 Å². The maximum absolute atomic E-state index is 12.9. The lowest BCUT2D eigenvalue weighted by molar-refractivity contribution is -0.121. The van der Waals surface area contributed by atoms with E-state index < -0.39 is 10.0 Å². The Morgan fingerprint density at radius 1 is 1.03 bits per heavy atom. The first-order chi connectivity index (χ1) is 14.7. The number of para-hydroxylation sites is 1. The first kappa shape index (κ1) is 23.7. The average Bonchev–Trinajstić information content (AvgIpc) is 2.78. The third-order valence-electron chi connectivity index (χ3n) is 6.01. The number of sulfonamides is 1. The highest BCUT2D eigenvalue weighted by atomic mass is 35.5. The number of piperazine rings is 1. The SMILES string of the molecule is CC[C@@H](C)c1ccccc1NC(=O)[C@@H](C)N1CCN(S(=O)(=O)c2ccc(Cl)cc2)CC1. The average molecular weight is 464 g/mol. The van der Waals surface area contributed by atoms with Gasteiger partial charge in [-0.3, -0.25) is 9.69 Å². The summed E-state index contributed by atoms with van der Waals surface area (Å²) < 4.78 is 27.2. The second kappa shape index (κ2) is 10.1. The molecule has 2 aromatic carbocycles. The van der Waals surface area contributed by atoms with Gasteiger partial charge in [-0.1, -0.05) is 43.6 Å². The molecule has 0 spiro atoms. The zero-order valence-corrected chi connectivity index (χ0v) is 19.8. The molecule has 0 saturated carbocycles. The van der Waals surface area contributed by atoms with Crippen molar-refractivity contribution in [2.75, 3.05) is 31.5 Å². The van der Waals surface area contributed by atoms with Crippen LogP contribution in [0.5, 0.6) is 0 Å². The molecule has 6 nitrogen and oxygen atoms in total. The largest absolute Gasteiger partial charge is 0.324 e. The molecule has 1 fully saturated rings. The van der Waals surface area contributed by atoms with Crippen molar-refractivity contribution in [3.63, 3.8) is 0 Å². The number of nitrogens with zero attached hydrogens (tertiary/aromatic N) is 2. The van der Waals surface area contributed by atoms with Crippen LogP contribution in [0.4, 0.5) is 5.69 Å². The van der Waals surface area contributed by atoms with E-state index in [0.717, 1.165) is 17.7 Å². The summed E-state index contributed by atoms with van der Waals surface area (Å²) >= 11 is 5.87. The Morgan fingerprint density at radius 3 is 2.26 bits per heavy atom. The summed E-state index contributed by atoms with van der Waals surface area (Å²) in [7, 11) is -3.57. The van der Waals surface area contributed by atoms with Gasteiger partial charge in [-0.15, -0.1) is 0 Å². The van der Waals surface area contributed by atoms with E-state index in [2.05, 4.69) is 25.2 Å². The minimum atomic E-state index is -3.57. The van der Waals surface area contributed by atoms with Crippen LogP contribution in [0.2, 0.25) is 5.02 Å². The molecule has 0 radical (unpaired) electrons. The zero-order valence-electron chi connectivity index (χ0n) is 18.2. The Hall–Kier alpha value is -1.93. The van der Waals surface area contributed by atoms with Gasteiger partial charge in [-0.25, -0.2) is 8.42 Å². The lowest BCUT2D eigenvalue weighted by Crippen LogP contribution is -2.53. The predicted octanol–water partition coefficient (Wildman–Crippen LogP) is 4.19. The number of carbonyl (C=O) groups excluding carboxylic acids is 1. The highest BCUT2D eigenvalue weighted by molar-refractivity contribution is 7.89. The first-order valence-corrected chi connectivity index (χ1v) is 12.5. The predicted molar refractivity (Wildman–Crippen MR) is 125 cm³/mol. The Kier molecular flexibility index (Phi) is 7.75. The fourth-order valence-electron chi connectivity index (χ4n) is 3.75. The number of amides is 1. The summed E-state index contributed by atoms with van der Waals surface area (Å²) in [4.78, 5) is 15.2. The third-order valence-corrected chi connectivity index (χ3v) is 8.18. The number of anilines is 1. The second-order valence-electron chi connectivity index (χ2n) is 7.96. The summed E-state index contributed by atoms with van der Waals surface area (Å²) in [6.07, 6.45) is 0.993. The highest BCUT2D eigenvalue weighted by Crippen LogP contribution is 2.27. The van der Waals surface area contributed by atoms with Crippen LogP contribution in [0.1, 0.15) is 38.7 Å². The maximum atomic E-state index is 12.9. The van der Waals surface area contributed by atoms with Crippen molar-refractivity contribution in [2.24, 2.45) is 0 Å². The van der Waals surface area contributed by atoms with Crippen molar-refractivity contribution in [1.29, 1.82) is 0 Å². The zero-order chi connectivity index (χ0) is 22.6. The number of hydrogen-bond donors (Lipinski definition) is 1. The molecule has 1 N–H and O–H groups in total. The molecule has 168 valence electrons. The van der Waals surface area contributed by atoms with E-state index >= 15 is 0 Å². The molecule has 1 aliphatic heterocycles. The quantitative estimate of drug-likeness (QED) is 0.668. The van der Waals surface area contributed by atoms with Crippen LogP contribution in [0.3, 0.4) is 0 Å². The maximum Gasteiger partial charge on any atom is 0.243 e. The van der Waals surface area contributed by atoms with E-state index in [1.165, 1.54) is 16.4 Å². The summed E-state index contributed by atoms with van der Waals surface area (Å²) in [6.45, 7) is 7.81. The van der Waals surface area contributed by atoms with Crippen LogP contribution in [-0.2, 0) is 14.8 Å². The van der Waals surface area contributed by atoms with E-state index in [1.807, 2.05) is 30.0 Å². The molecule has 1 heterocycles. The third kappa shape index (κ3) is 5.47. The Balaban J connectivity index is 1.62. The van der Waals surface area contributed by atoms with Gasteiger partial charge in [0.15, 0.2) is 0 Å². The molecular weight excluding hydrogens is 434 g/mol. The summed E-state index contributed by atoms with van der Waals surface area (Å²) in [5.41, 5.74) is 1.97. The molecule has 2 aromatic rings. The normalized spacial score (nSPS) is 17.8. The summed E-state index contributed by atoms with van der Waals surface area (Å²) in [6, 6.07) is 13.7. The molecule has 2 atom stereocenters. The molecule has 31 heavy (non-hydrogen) atoms. The monoisotopic (exact) mass is 463 g/mol.